The first-order chi connectivity index (χ1) is 13.6. The number of rotatable bonds is 9. The average molecular weight is 391 g/mol. The lowest BCUT2D eigenvalue weighted by molar-refractivity contribution is -0.0135. The summed E-state index contributed by atoms with van der Waals surface area (Å²) in [4.78, 5) is 12.6. The molecule has 0 N–H and O–H groups in total. The molecule has 3 rings (SSSR count). The summed E-state index contributed by atoms with van der Waals surface area (Å²) in [6.07, 6.45) is 12.6. The van der Waals surface area contributed by atoms with Gasteiger partial charge in [-0.25, -0.2) is 9.18 Å². The standard InChI is InChI=1S/C24H35FO3/c1-3-4-5-6-7-8-9-18-10-11-19-16-21(28-24(26)22(19)23(18)25)17-12-14-20(27-2)15-13-17/h10-11,17,20-21H,3-9,12-16H2,1-2H3. The van der Waals surface area contributed by atoms with Gasteiger partial charge < -0.3 is 9.47 Å². The van der Waals surface area contributed by atoms with Crippen molar-refractivity contribution in [1.29, 1.82) is 0 Å². The molecule has 0 spiro atoms. The Morgan fingerprint density at radius 3 is 2.50 bits per heavy atom. The predicted octanol–water partition coefficient (Wildman–Crippen LogP) is 6.02. The fourth-order valence-corrected chi connectivity index (χ4v) is 4.75. The third-order valence-corrected chi connectivity index (χ3v) is 6.57. The lowest BCUT2D eigenvalue weighted by Crippen LogP contribution is -2.37. The van der Waals surface area contributed by atoms with Crippen molar-refractivity contribution in [3.63, 3.8) is 0 Å². The molecule has 0 bridgehead atoms. The molecule has 1 fully saturated rings. The van der Waals surface area contributed by atoms with Gasteiger partial charge in [0.25, 0.3) is 0 Å². The van der Waals surface area contributed by atoms with Crippen LogP contribution < -0.4 is 0 Å². The fraction of sp³-hybridized carbons (Fsp3) is 0.708. The van der Waals surface area contributed by atoms with E-state index < -0.39 is 5.97 Å². The summed E-state index contributed by atoms with van der Waals surface area (Å²) < 4.78 is 26.1. The summed E-state index contributed by atoms with van der Waals surface area (Å²) in [5.74, 6) is -0.464. The van der Waals surface area contributed by atoms with E-state index in [1.165, 1.54) is 25.7 Å². The Hall–Kier alpha value is -1.42. The maximum atomic E-state index is 15.0. The summed E-state index contributed by atoms with van der Waals surface area (Å²) in [6.45, 7) is 2.21. The summed E-state index contributed by atoms with van der Waals surface area (Å²) >= 11 is 0. The Morgan fingerprint density at radius 1 is 1.07 bits per heavy atom. The van der Waals surface area contributed by atoms with E-state index in [9.17, 15) is 9.18 Å². The van der Waals surface area contributed by atoms with Crippen molar-refractivity contribution in [3.8, 4) is 0 Å². The highest BCUT2D eigenvalue weighted by atomic mass is 19.1. The molecule has 0 radical (unpaired) electrons. The Bertz CT molecular complexity index is 649. The van der Waals surface area contributed by atoms with Crippen LogP contribution in [0.15, 0.2) is 12.1 Å². The molecule has 1 atom stereocenters. The first-order valence-corrected chi connectivity index (χ1v) is 11.2. The number of hydrogen-bond acceptors (Lipinski definition) is 3. The van der Waals surface area contributed by atoms with E-state index in [0.717, 1.165) is 44.1 Å². The van der Waals surface area contributed by atoms with Gasteiger partial charge in [0.15, 0.2) is 0 Å². The van der Waals surface area contributed by atoms with Crippen LogP contribution in [0.1, 0.15) is 92.6 Å². The van der Waals surface area contributed by atoms with Gasteiger partial charge in [-0.05, 0) is 55.6 Å². The maximum Gasteiger partial charge on any atom is 0.341 e. The molecule has 1 unspecified atom stereocenters. The number of hydrogen-bond donors (Lipinski definition) is 0. The van der Waals surface area contributed by atoms with E-state index in [1.54, 1.807) is 7.11 Å². The molecular formula is C24H35FO3. The molecule has 0 aromatic heterocycles. The topological polar surface area (TPSA) is 35.5 Å². The Kier molecular flexibility index (Phi) is 7.90. The molecular weight excluding hydrogens is 355 g/mol. The van der Waals surface area contributed by atoms with Crippen molar-refractivity contribution in [2.24, 2.45) is 5.92 Å². The van der Waals surface area contributed by atoms with Crippen LogP contribution >= 0.6 is 0 Å². The highest BCUT2D eigenvalue weighted by Crippen LogP contribution is 2.35. The highest BCUT2D eigenvalue weighted by molar-refractivity contribution is 5.92. The van der Waals surface area contributed by atoms with Crippen molar-refractivity contribution in [2.45, 2.75) is 96.2 Å². The number of methoxy groups -OCH3 is 1. The van der Waals surface area contributed by atoms with Gasteiger partial charge in [-0.15, -0.1) is 0 Å². The molecule has 0 amide bonds. The van der Waals surface area contributed by atoms with Gasteiger partial charge in [-0.3, -0.25) is 0 Å². The number of benzene rings is 1. The first kappa shape index (κ1) is 21.3. The quantitative estimate of drug-likeness (QED) is 0.382. The number of cyclic esters (lactones) is 1. The number of unbranched alkanes of at least 4 members (excludes halogenated alkanes) is 5. The molecule has 1 aliphatic heterocycles. The number of fused-ring (bicyclic) bond motifs is 1. The van der Waals surface area contributed by atoms with Crippen LogP contribution in [0.4, 0.5) is 4.39 Å². The number of esters is 1. The van der Waals surface area contributed by atoms with Gasteiger partial charge in [0.1, 0.15) is 11.9 Å². The van der Waals surface area contributed by atoms with Crippen LogP contribution in [0, 0.1) is 11.7 Å². The number of ether oxygens (including phenoxy) is 2. The molecule has 1 aromatic rings. The summed E-state index contributed by atoms with van der Waals surface area (Å²) in [5.41, 5.74) is 1.66. The van der Waals surface area contributed by atoms with Gasteiger partial charge in [-0.1, -0.05) is 51.2 Å². The van der Waals surface area contributed by atoms with E-state index in [0.29, 0.717) is 30.4 Å². The Balaban J connectivity index is 1.59. The molecule has 1 aliphatic carbocycles. The average Bonchev–Trinajstić information content (AvgIpc) is 2.71. The van der Waals surface area contributed by atoms with Crippen LogP contribution in [0.2, 0.25) is 0 Å². The van der Waals surface area contributed by atoms with E-state index >= 15 is 0 Å². The molecule has 1 aromatic carbocycles. The van der Waals surface area contributed by atoms with Crippen molar-refractivity contribution in [3.05, 3.63) is 34.6 Å². The third-order valence-electron chi connectivity index (χ3n) is 6.57. The second-order valence-corrected chi connectivity index (χ2v) is 8.51. The minimum absolute atomic E-state index is 0.123. The van der Waals surface area contributed by atoms with Gasteiger partial charge in [0, 0.05) is 13.5 Å². The lowest BCUT2D eigenvalue weighted by Gasteiger charge is -2.35. The molecule has 3 nitrogen and oxygen atoms in total. The second kappa shape index (κ2) is 10.4. The zero-order valence-corrected chi connectivity index (χ0v) is 17.5. The monoisotopic (exact) mass is 390 g/mol. The molecule has 2 aliphatic rings. The largest absolute Gasteiger partial charge is 0.458 e. The van der Waals surface area contributed by atoms with E-state index in [-0.39, 0.29) is 17.5 Å². The van der Waals surface area contributed by atoms with Crippen molar-refractivity contribution < 1.29 is 18.7 Å². The fourth-order valence-electron chi connectivity index (χ4n) is 4.75. The zero-order chi connectivity index (χ0) is 19.9. The zero-order valence-electron chi connectivity index (χ0n) is 17.5. The van der Waals surface area contributed by atoms with Crippen LogP contribution in [0.3, 0.4) is 0 Å². The number of carbonyl (C=O) groups is 1. The van der Waals surface area contributed by atoms with Gasteiger partial charge >= 0.3 is 5.97 Å². The number of halogens is 1. The SMILES string of the molecule is CCCCCCCCc1ccc2c(c1F)C(=O)OC(C1CCC(OC)CC1)C2. The normalized spacial score (nSPS) is 24.7. The van der Waals surface area contributed by atoms with E-state index in [4.69, 9.17) is 9.47 Å². The van der Waals surface area contributed by atoms with Crippen LogP contribution in [0.25, 0.3) is 0 Å². The smallest absolute Gasteiger partial charge is 0.341 e. The van der Waals surface area contributed by atoms with Gasteiger partial charge in [0.2, 0.25) is 0 Å². The van der Waals surface area contributed by atoms with E-state index in [1.807, 2.05) is 12.1 Å². The third kappa shape index (κ3) is 5.14. The maximum absolute atomic E-state index is 15.0. The first-order valence-electron chi connectivity index (χ1n) is 11.2. The van der Waals surface area contributed by atoms with Gasteiger partial charge in [0.05, 0.1) is 11.7 Å². The summed E-state index contributed by atoms with van der Waals surface area (Å²) in [6, 6.07) is 3.84. The lowest BCUT2D eigenvalue weighted by atomic mass is 9.80. The molecule has 1 heterocycles. The Morgan fingerprint density at radius 2 is 1.79 bits per heavy atom. The molecule has 1 saturated carbocycles. The van der Waals surface area contributed by atoms with Gasteiger partial charge in [-0.2, -0.15) is 0 Å². The number of carbonyl (C=O) groups excluding carboxylic acids is 1. The predicted molar refractivity (Wildman–Crippen MR) is 109 cm³/mol. The minimum Gasteiger partial charge on any atom is -0.458 e. The minimum atomic E-state index is -0.470. The van der Waals surface area contributed by atoms with Crippen LogP contribution in [-0.2, 0) is 22.3 Å². The van der Waals surface area contributed by atoms with Crippen molar-refractivity contribution >= 4 is 5.97 Å². The molecule has 4 heteroatoms. The number of aryl methyl sites for hydroxylation is 1. The molecule has 28 heavy (non-hydrogen) atoms. The Labute approximate surface area is 169 Å². The second-order valence-electron chi connectivity index (χ2n) is 8.51. The van der Waals surface area contributed by atoms with Crippen LogP contribution in [0.5, 0.6) is 0 Å². The van der Waals surface area contributed by atoms with E-state index in [2.05, 4.69) is 6.92 Å². The summed E-state index contributed by atoms with van der Waals surface area (Å²) in [7, 11) is 1.76. The summed E-state index contributed by atoms with van der Waals surface area (Å²) in [5, 5.41) is 0. The molecule has 156 valence electrons. The highest BCUT2D eigenvalue weighted by Gasteiger charge is 2.36. The molecule has 0 saturated heterocycles. The van der Waals surface area contributed by atoms with Crippen molar-refractivity contribution in [1.82, 2.24) is 0 Å². The van der Waals surface area contributed by atoms with Crippen LogP contribution in [-0.4, -0.2) is 25.3 Å². The van der Waals surface area contributed by atoms with Crippen molar-refractivity contribution in [2.75, 3.05) is 7.11 Å².